The Morgan fingerprint density at radius 2 is 1.43 bits per heavy atom. The topological polar surface area (TPSA) is 83.5 Å². The molecule has 37 heavy (non-hydrogen) atoms. The predicted octanol–water partition coefficient (Wildman–Crippen LogP) is 5.73. The highest BCUT2D eigenvalue weighted by atomic mass is 19.1. The van der Waals surface area contributed by atoms with Crippen molar-refractivity contribution >= 4 is 17.9 Å². The second-order valence-corrected chi connectivity index (χ2v) is 7.80. The molecule has 0 amide bonds. The van der Waals surface area contributed by atoms with E-state index in [-0.39, 0.29) is 29.3 Å². The molecule has 194 valence electrons. The van der Waals surface area contributed by atoms with Crippen molar-refractivity contribution in [1.82, 2.24) is 0 Å². The van der Waals surface area contributed by atoms with Crippen LogP contribution in [-0.4, -0.2) is 46.4 Å². The number of ketones is 1. The fourth-order valence-electron chi connectivity index (χ4n) is 3.75. The Labute approximate surface area is 215 Å². The maximum atomic E-state index is 14.0. The largest absolute Gasteiger partial charge is 0.504 e. The standard InChI is InChI=1S/C29H29FO7/c1-33-24-13-12-20(17-22(24)30)23(31)8-6-7-21-19(11-14-25(34-2)28(21)32)10-9-18-15-26(35-3)29(37-5)27(16-18)36-4/h6,8-17,32H,7H2,1-5H3/b8-6-,10-9-. The van der Waals surface area contributed by atoms with Crippen molar-refractivity contribution < 1.29 is 38.0 Å². The fraction of sp³-hybridized carbons (Fsp3) is 0.207. The average molecular weight is 509 g/mol. The Hall–Kier alpha value is -4.46. The van der Waals surface area contributed by atoms with E-state index in [1.807, 2.05) is 12.2 Å². The highest BCUT2D eigenvalue weighted by molar-refractivity contribution is 6.04. The number of aromatic hydroxyl groups is 1. The van der Waals surface area contributed by atoms with Crippen LogP contribution in [0.4, 0.5) is 4.39 Å². The zero-order chi connectivity index (χ0) is 26.9. The van der Waals surface area contributed by atoms with Gasteiger partial charge in [0.2, 0.25) is 5.75 Å². The second kappa shape index (κ2) is 12.5. The molecular weight excluding hydrogens is 479 g/mol. The number of halogens is 1. The third kappa shape index (κ3) is 6.22. The van der Waals surface area contributed by atoms with Crippen LogP contribution in [0.3, 0.4) is 0 Å². The predicted molar refractivity (Wildman–Crippen MR) is 140 cm³/mol. The lowest BCUT2D eigenvalue weighted by molar-refractivity contribution is 0.104. The smallest absolute Gasteiger partial charge is 0.203 e. The minimum Gasteiger partial charge on any atom is -0.504 e. The maximum Gasteiger partial charge on any atom is 0.203 e. The molecule has 0 aliphatic carbocycles. The van der Waals surface area contributed by atoms with Gasteiger partial charge in [-0.25, -0.2) is 4.39 Å². The maximum absolute atomic E-state index is 14.0. The number of benzene rings is 3. The van der Waals surface area contributed by atoms with E-state index < -0.39 is 5.82 Å². The average Bonchev–Trinajstić information content (AvgIpc) is 2.92. The minimum atomic E-state index is -0.619. The molecule has 0 aliphatic rings. The monoisotopic (exact) mass is 508 g/mol. The van der Waals surface area contributed by atoms with Crippen molar-refractivity contribution in [3.05, 3.63) is 82.7 Å². The lowest BCUT2D eigenvalue weighted by Crippen LogP contribution is -1.98. The number of carbonyl (C=O) groups is 1. The van der Waals surface area contributed by atoms with Gasteiger partial charge in [0.1, 0.15) is 0 Å². The van der Waals surface area contributed by atoms with E-state index in [4.69, 9.17) is 23.7 Å². The van der Waals surface area contributed by atoms with Crippen LogP contribution in [0.25, 0.3) is 12.2 Å². The first-order valence-corrected chi connectivity index (χ1v) is 11.3. The molecule has 0 atom stereocenters. The summed E-state index contributed by atoms with van der Waals surface area (Å²) < 4.78 is 40.3. The van der Waals surface area contributed by atoms with Gasteiger partial charge in [-0.2, -0.15) is 0 Å². The van der Waals surface area contributed by atoms with Crippen molar-refractivity contribution in [3.8, 4) is 34.5 Å². The second-order valence-electron chi connectivity index (χ2n) is 7.80. The van der Waals surface area contributed by atoms with Gasteiger partial charge in [0.25, 0.3) is 0 Å². The third-order valence-corrected chi connectivity index (χ3v) is 5.67. The number of allylic oxidation sites excluding steroid dienone is 2. The number of hydrogen-bond donors (Lipinski definition) is 1. The normalized spacial score (nSPS) is 11.1. The fourth-order valence-corrected chi connectivity index (χ4v) is 3.75. The van der Waals surface area contributed by atoms with Gasteiger partial charge in [0.05, 0.1) is 35.5 Å². The molecule has 0 spiro atoms. The molecule has 8 heteroatoms. The molecule has 1 N–H and O–H groups in total. The van der Waals surface area contributed by atoms with Crippen molar-refractivity contribution in [3.63, 3.8) is 0 Å². The number of phenols is 1. The van der Waals surface area contributed by atoms with E-state index >= 15 is 0 Å². The first-order chi connectivity index (χ1) is 17.9. The summed E-state index contributed by atoms with van der Waals surface area (Å²) in [6, 6.07) is 11.1. The van der Waals surface area contributed by atoms with Crippen LogP contribution in [-0.2, 0) is 6.42 Å². The molecule has 0 radical (unpaired) electrons. The van der Waals surface area contributed by atoms with E-state index in [2.05, 4.69) is 0 Å². The number of methoxy groups -OCH3 is 5. The molecule has 7 nitrogen and oxygen atoms in total. The number of ether oxygens (including phenoxy) is 5. The highest BCUT2D eigenvalue weighted by Gasteiger charge is 2.14. The van der Waals surface area contributed by atoms with E-state index in [1.165, 1.54) is 39.5 Å². The summed E-state index contributed by atoms with van der Waals surface area (Å²) in [6.07, 6.45) is 6.83. The van der Waals surface area contributed by atoms with Gasteiger partial charge >= 0.3 is 0 Å². The summed E-state index contributed by atoms with van der Waals surface area (Å²) in [6.45, 7) is 0. The number of rotatable bonds is 11. The molecule has 0 heterocycles. The Balaban J connectivity index is 1.90. The first kappa shape index (κ1) is 27.1. The summed E-state index contributed by atoms with van der Waals surface area (Å²) in [5.41, 5.74) is 2.22. The Morgan fingerprint density at radius 1 is 0.811 bits per heavy atom. The molecule has 3 rings (SSSR count). The zero-order valence-corrected chi connectivity index (χ0v) is 21.3. The lowest BCUT2D eigenvalue weighted by atomic mass is 10.00. The van der Waals surface area contributed by atoms with Crippen LogP contribution in [0.1, 0.15) is 27.0 Å². The molecule has 0 bridgehead atoms. The summed E-state index contributed by atoms with van der Waals surface area (Å²) in [4.78, 5) is 12.5. The van der Waals surface area contributed by atoms with Crippen LogP contribution in [0.5, 0.6) is 34.5 Å². The van der Waals surface area contributed by atoms with Gasteiger partial charge in [-0.05, 0) is 60.0 Å². The molecule has 0 fully saturated rings. The van der Waals surface area contributed by atoms with Gasteiger partial charge in [0, 0.05) is 11.1 Å². The first-order valence-electron chi connectivity index (χ1n) is 11.3. The summed E-state index contributed by atoms with van der Waals surface area (Å²) in [7, 11) is 7.43. The molecule has 3 aromatic carbocycles. The SMILES string of the molecule is COc1ccc(C(=O)/C=C\Cc2c(/C=C\c3cc(OC)c(OC)c(OC)c3)ccc(OC)c2O)cc1F. The van der Waals surface area contributed by atoms with Gasteiger partial charge in [-0.15, -0.1) is 0 Å². The summed E-state index contributed by atoms with van der Waals surface area (Å²) in [5.74, 6) is 0.831. The van der Waals surface area contributed by atoms with E-state index in [9.17, 15) is 14.3 Å². The molecule has 3 aromatic rings. The molecule has 0 unspecified atom stereocenters. The van der Waals surface area contributed by atoms with Crippen molar-refractivity contribution in [1.29, 1.82) is 0 Å². The van der Waals surface area contributed by atoms with Crippen LogP contribution < -0.4 is 23.7 Å². The van der Waals surface area contributed by atoms with Crippen LogP contribution in [0, 0.1) is 5.82 Å². The molecule has 0 aliphatic heterocycles. The van der Waals surface area contributed by atoms with Gasteiger partial charge in [0.15, 0.2) is 40.3 Å². The van der Waals surface area contributed by atoms with Crippen LogP contribution >= 0.6 is 0 Å². The van der Waals surface area contributed by atoms with Gasteiger partial charge in [-0.1, -0.05) is 24.3 Å². The van der Waals surface area contributed by atoms with E-state index in [0.717, 1.165) is 11.6 Å². The molecule has 0 saturated carbocycles. The minimum absolute atomic E-state index is 0.0397. The summed E-state index contributed by atoms with van der Waals surface area (Å²) >= 11 is 0. The molecule has 0 aromatic heterocycles. The Bertz CT molecular complexity index is 1300. The van der Waals surface area contributed by atoms with E-state index in [0.29, 0.717) is 34.1 Å². The Kier molecular flexibility index (Phi) is 9.16. The van der Waals surface area contributed by atoms with Gasteiger partial charge in [-0.3, -0.25) is 4.79 Å². The summed E-state index contributed by atoms with van der Waals surface area (Å²) in [5, 5.41) is 10.8. The van der Waals surface area contributed by atoms with Crippen molar-refractivity contribution in [2.24, 2.45) is 0 Å². The van der Waals surface area contributed by atoms with Crippen molar-refractivity contribution in [2.75, 3.05) is 35.5 Å². The molecular formula is C29H29FO7. The quantitative estimate of drug-likeness (QED) is 0.201. The zero-order valence-electron chi connectivity index (χ0n) is 21.3. The molecule has 0 saturated heterocycles. The highest BCUT2D eigenvalue weighted by Crippen LogP contribution is 2.39. The Morgan fingerprint density at radius 3 is 2.00 bits per heavy atom. The van der Waals surface area contributed by atoms with E-state index in [1.54, 1.807) is 44.6 Å². The van der Waals surface area contributed by atoms with Crippen LogP contribution in [0.2, 0.25) is 0 Å². The van der Waals surface area contributed by atoms with Crippen LogP contribution in [0.15, 0.2) is 54.6 Å². The van der Waals surface area contributed by atoms with Gasteiger partial charge < -0.3 is 28.8 Å². The lowest BCUT2D eigenvalue weighted by Gasteiger charge is -2.13. The number of phenolic OH excluding ortho intramolecular Hbond substituents is 1. The number of carbonyl (C=O) groups excluding carboxylic acids is 1. The van der Waals surface area contributed by atoms with Crippen molar-refractivity contribution in [2.45, 2.75) is 6.42 Å². The third-order valence-electron chi connectivity index (χ3n) is 5.67. The number of hydrogen-bond acceptors (Lipinski definition) is 7.